The molecule has 0 aliphatic rings. The van der Waals surface area contributed by atoms with Crippen LogP contribution in [0.3, 0.4) is 0 Å². The Morgan fingerprint density at radius 1 is 1.39 bits per heavy atom. The predicted octanol–water partition coefficient (Wildman–Crippen LogP) is 1.76. The summed E-state index contributed by atoms with van der Waals surface area (Å²) in [5, 5.41) is 0. The Kier molecular flexibility index (Phi) is 4.05. The summed E-state index contributed by atoms with van der Waals surface area (Å²) >= 11 is 0. The number of alkyl halides is 3. The number of nitrogens with zero attached hydrogens (tertiary/aromatic N) is 1. The van der Waals surface area contributed by atoms with Crippen LogP contribution in [-0.4, -0.2) is 25.7 Å². The van der Waals surface area contributed by atoms with Crippen LogP contribution >= 0.6 is 0 Å². The molecule has 0 spiro atoms. The van der Waals surface area contributed by atoms with E-state index in [0.717, 1.165) is 0 Å². The first-order chi connectivity index (χ1) is 8.20. The van der Waals surface area contributed by atoms with Crippen LogP contribution in [0, 0.1) is 0 Å². The van der Waals surface area contributed by atoms with Crippen molar-refractivity contribution in [3.05, 3.63) is 23.8 Å². The molecule has 0 radical (unpaired) electrons. The predicted molar refractivity (Wildman–Crippen MR) is 63.3 cm³/mol. The van der Waals surface area contributed by atoms with Crippen molar-refractivity contribution in [2.75, 3.05) is 24.2 Å². The van der Waals surface area contributed by atoms with Gasteiger partial charge in [0.05, 0.1) is 17.8 Å². The Hall–Kier alpha value is -1.92. The molecule has 1 aromatic carbocycles. The van der Waals surface area contributed by atoms with Crippen molar-refractivity contribution in [3.63, 3.8) is 0 Å². The van der Waals surface area contributed by atoms with Crippen LogP contribution in [0.5, 0.6) is 0 Å². The Morgan fingerprint density at radius 2 is 2.00 bits per heavy atom. The van der Waals surface area contributed by atoms with E-state index >= 15 is 0 Å². The maximum absolute atomic E-state index is 12.1. The van der Waals surface area contributed by atoms with E-state index in [1.54, 1.807) is 0 Å². The van der Waals surface area contributed by atoms with Gasteiger partial charge < -0.3 is 16.4 Å². The number of carbonyl (C=O) groups excluding carboxylic acids is 1. The molecule has 0 saturated heterocycles. The lowest BCUT2D eigenvalue weighted by Crippen LogP contribution is -2.25. The Bertz CT molecular complexity index is 446. The molecule has 7 heteroatoms. The number of carbonyl (C=O) groups is 1. The first kappa shape index (κ1) is 14.1. The van der Waals surface area contributed by atoms with Crippen molar-refractivity contribution in [2.24, 2.45) is 5.73 Å². The number of hydrogen-bond acceptors (Lipinski definition) is 3. The van der Waals surface area contributed by atoms with E-state index in [0.29, 0.717) is 5.69 Å². The lowest BCUT2D eigenvalue weighted by Gasteiger charge is -2.22. The molecule has 1 amide bonds. The number of benzene rings is 1. The van der Waals surface area contributed by atoms with Gasteiger partial charge in [0, 0.05) is 19.2 Å². The molecule has 100 valence electrons. The summed E-state index contributed by atoms with van der Waals surface area (Å²) in [7, 11) is 1.50. The molecule has 0 heterocycles. The lowest BCUT2D eigenvalue weighted by molar-refractivity contribution is -0.132. The van der Waals surface area contributed by atoms with E-state index in [9.17, 15) is 18.0 Å². The normalized spacial score (nSPS) is 11.3. The number of rotatable bonds is 4. The molecule has 1 aromatic rings. The first-order valence-electron chi connectivity index (χ1n) is 5.18. The van der Waals surface area contributed by atoms with Crippen LogP contribution in [0.15, 0.2) is 18.2 Å². The van der Waals surface area contributed by atoms with Gasteiger partial charge in [-0.1, -0.05) is 0 Å². The molecule has 0 unspecified atom stereocenters. The molecule has 0 saturated carbocycles. The van der Waals surface area contributed by atoms with E-state index in [4.69, 9.17) is 11.5 Å². The summed E-state index contributed by atoms with van der Waals surface area (Å²) in [6.45, 7) is -0.205. The summed E-state index contributed by atoms with van der Waals surface area (Å²) in [6, 6.07) is 4.26. The van der Waals surface area contributed by atoms with Crippen LogP contribution in [-0.2, 0) is 0 Å². The molecule has 0 aliphatic heterocycles. The highest BCUT2D eigenvalue weighted by molar-refractivity contribution is 5.94. The number of hydrogen-bond donors (Lipinski definition) is 2. The molecule has 0 bridgehead atoms. The molecule has 0 atom stereocenters. The minimum absolute atomic E-state index is 0.205. The smallest absolute Gasteiger partial charge is 0.390 e. The Balaban J connectivity index is 2.80. The third-order valence-electron chi connectivity index (χ3n) is 2.45. The summed E-state index contributed by atoms with van der Waals surface area (Å²) < 4.78 is 36.2. The van der Waals surface area contributed by atoms with Crippen LogP contribution < -0.4 is 16.4 Å². The number of nitrogen functional groups attached to an aromatic ring is 1. The topological polar surface area (TPSA) is 72.3 Å². The average Bonchev–Trinajstić information content (AvgIpc) is 2.24. The molecular formula is C11H14F3N3O. The fourth-order valence-corrected chi connectivity index (χ4v) is 1.47. The van der Waals surface area contributed by atoms with Crippen LogP contribution in [0.25, 0.3) is 0 Å². The first-order valence-corrected chi connectivity index (χ1v) is 5.18. The van der Waals surface area contributed by atoms with Crippen molar-refractivity contribution in [1.29, 1.82) is 0 Å². The van der Waals surface area contributed by atoms with E-state index in [1.807, 2.05) is 0 Å². The second kappa shape index (κ2) is 5.16. The summed E-state index contributed by atoms with van der Waals surface area (Å²) in [5.74, 6) is -0.633. The summed E-state index contributed by atoms with van der Waals surface area (Å²) in [6.07, 6.45) is -5.14. The minimum atomic E-state index is -4.21. The third kappa shape index (κ3) is 3.83. The van der Waals surface area contributed by atoms with Gasteiger partial charge in [-0.05, 0) is 18.2 Å². The van der Waals surface area contributed by atoms with E-state index < -0.39 is 18.5 Å². The molecule has 1 rings (SSSR count). The van der Waals surface area contributed by atoms with Gasteiger partial charge in [-0.3, -0.25) is 4.79 Å². The Labute approximate surface area is 102 Å². The van der Waals surface area contributed by atoms with Crippen LogP contribution in [0.4, 0.5) is 24.5 Å². The summed E-state index contributed by atoms with van der Waals surface area (Å²) in [5.41, 5.74) is 11.6. The molecular weight excluding hydrogens is 247 g/mol. The van der Waals surface area contributed by atoms with Gasteiger partial charge >= 0.3 is 6.18 Å². The van der Waals surface area contributed by atoms with E-state index in [-0.39, 0.29) is 17.8 Å². The van der Waals surface area contributed by atoms with Crippen LogP contribution in [0.2, 0.25) is 0 Å². The molecule has 18 heavy (non-hydrogen) atoms. The van der Waals surface area contributed by atoms with E-state index in [1.165, 1.54) is 30.1 Å². The molecule has 0 fully saturated rings. The SMILES string of the molecule is CN(CCC(F)(F)F)c1ccc(C(N)=O)cc1N. The van der Waals surface area contributed by atoms with Crippen molar-refractivity contribution in [3.8, 4) is 0 Å². The fourth-order valence-electron chi connectivity index (χ4n) is 1.47. The van der Waals surface area contributed by atoms with Gasteiger partial charge in [-0.15, -0.1) is 0 Å². The number of anilines is 2. The molecule has 0 aliphatic carbocycles. The van der Waals surface area contributed by atoms with Gasteiger partial charge in [0.15, 0.2) is 0 Å². The van der Waals surface area contributed by atoms with Gasteiger partial charge in [0.2, 0.25) is 5.91 Å². The second-order valence-electron chi connectivity index (χ2n) is 3.92. The highest BCUT2D eigenvalue weighted by atomic mass is 19.4. The monoisotopic (exact) mass is 261 g/mol. The van der Waals surface area contributed by atoms with Crippen molar-refractivity contribution < 1.29 is 18.0 Å². The van der Waals surface area contributed by atoms with E-state index in [2.05, 4.69) is 0 Å². The summed E-state index contributed by atoms with van der Waals surface area (Å²) in [4.78, 5) is 12.3. The van der Waals surface area contributed by atoms with Crippen molar-refractivity contribution >= 4 is 17.3 Å². The van der Waals surface area contributed by atoms with Crippen molar-refractivity contribution in [2.45, 2.75) is 12.6 Å². The number of halogens is 3. The maximum Gasteiger partial charge on any atom is 0.390 e. The number of amides is 1. The highest BCUT2D eigenvalue weighted by Crippen LogP contribution is 2.26. The maximum atomic E-state index is 12.1. The largest absolute Gasteiger partial charge is 0.397 e. The highest BCUT2D eigenvalue weighted by Gasteiger charge is 2.27. The zero-order chi connectivity index (χ0) is 13.9. The van der Waals surface area contributed by atoms with Gasteiger partial charge in [-0.25, -0.2) is 0 Å². The average molecular weight is 261 g/mol. The third-order valence-corrected chi connectivity index (χ3v) is 2.45. The van der Waals surface area contributed by atoms with Crippen LogP contribution in [0.1, 0.15) is 16.8 Å². The lowest BCUT2D eigenvalue weighted by atomic mass is 10.1. The molecule has 4 nitrogen and oxygen atoms in total. The quantitative estimate of drug-likeness (QED) is 0.811. The Morgan fingerprint density at radius 3 is 2.44 bits per heavy atom. The minimum Gasteiger partial charge on any atom is -0.397 e. The van der Waals surface area contributed by atoms with Crippen molar-refractivity contribution in [1.82, 2.24) is 0 Å². The van der Waals surface area contributed by atoms with Gasteiger partial charge in [0.25, 0.3) is 0 Å². The molecule has 0 aromatic heterocycles. The molecule has 4 N–H and O–H groups in total. The second-order valence-corrected chi connectivity index (χ2v) is 3.92. The zero-order valence-corrected chi connectivity index (χ0v) is 9.79. The zero-order valence-electron chi connectivity index (χ0n) is 9.79. The van der Waals surface area contributed by atoms with Gasteiger partial charge in [-0.2, -0.15) is 13.2 Å². The standard InChI is InChI=1S/C11H14F3N3O/c1-17(5-4-11(12,13)14)9-3-2-7(10(16)18)6-8(9)15/h2-3,6H,4-5,15H2,1H3,(H2,16,18). The fraction of sp³-hybridized carbons (Fsp3) is 0.364. The van der Waals surface area contributed by atoms with Gasteiger partial charge in [0.1, 0.15) is 0 Å². The number of primary amides is 1. The number of nitrogens with two attached hydrogens (primary N) is 2.